The maximum Gasteiger partial charge on any atom is 0.263 e. The molecule has 1 aliphatic rings. The van der Waals surface area contributed by atoms with Crippen LogP contribution in [0.25, 0.3) is 0 Å². The summed E-state index contributed by atoms with van der Waals surface area (Å²) in [5, 5.41) is 3.03. The predicted octanol–water partition coefficient (Wildman–Crippen LogP) is 4.95. The van der Waals surface area contributed by atoms with Crippen molar-refractivity contribution in [3.05, 3.63) is 85.8 Å². The molecule has 1 aliphatic heterocycles. The van der Waals surface area contributed by atoms with Gasteiger partial charge in [0, 0.05) is 24.1 Å². The lowest BCUT2D eigenvalue weighted by molar-refractivity contribution is 0.0944. The Bertz CT molecular complexity index is 956. The Morgan fingerprint density at radius 1 is 1.29 bits per heavy atom. The van der Waals surface area contributed by atoms with E-state index in [0.29, 0.717) is 4.88 Å². The highest BCUT2D eigenvalue weighted by Gasteiger charge is 2.18. The van der Waals surface area contributed by atoms with Gasteiger partial charge >= 0.3 is 0 Å². The first kappa shape index (κ1) is 19.3. The Kier molecular flexibility index (Phi) is 5.90. The van der Waals surface area contributed by atoms with E-state index >= 15 is 0 Å². The summed E-state index contributed by atoms with van der Waals surface area (Å²) in [6, 6.07) is 15.0. The molecule has 28 heavy (non-hydrogen) atoms. The van der Waals surface area contributed by atoms with E-state index in [1.165, 1.54) is 32.5 Å². The number of halogens is 1. The maximum atomic E-state index is 12.2. The molecule has 6 heteroatoms. The van der Waals surface area contributed by atoms with Gasteiger partial charge in [0.05, 0.1) is 17.7 Å². The number of amides is 1. The normalized spacial score (nSPS) is 15.1. The quantitative estimate of drug-likeness (QED) is 0.591. The fraction of sp³-hybridized carbons (Fsp3) is 0.273. The average molecular weight is 456 g/mol. The third kappa shape index (κ3) is 4.35. The van der Waals surface area contributed by atoms with Crippen molar-refractivity contribution in [2.75, 3.05) is 6.54 Å². The van der Waals surface area contributed by atoms with E-state index in [2.05, 4.69) is 73.6 Å². The van der Waals surface area contributed by atoms with Crippen LogP contribution < -0.4 is 5.32 Å². The Hall–Kier alpha value is -2.02. The van der Waals surface area contributed by atoms with Crippen LogP contribution >= 0.6 is 27.3 Å². The number of nitrogens with one attached hydrogen (secondary N) is 1. The first-order chi connectivity index (χ1) is 13.6. The Morgan fingerprint density at radius 2 is 2.11 bits per heavy atom. The van der Waals surface area contributed by atoms with Gasteiger partial charge in [-0.15, -0.1) is 11.3 Å². The topological polar surface area (TPSA) is 45.2 Å². The van der Waals surface area contributed by atoms with Gasteiger partial charge in [0.25, 0.3) is 5.91 Å². The lowest BCUT2D eigenvalue weighted by atomic mass is 9.99. The molecule has 0 saturated carbocycles. The molecule has 2 aromatic carbocycles. The molecular weight excluding hydrogens is 434 g/mol. The minimum atomic E-state index is -0.0720. The fourth-order valence-corrected chi connectivity index (χ4v) is 4.73. The van der Waals surface area contributed by atoms with Gasteiger partial charge in [0.15, 0.2) is 0 Å². The number of benzene rings is 2. The third-order valence-electron chi connectivity index (χ3n) is 5.18. The Morgan fingerprint density at radius 3 is 2.86 bits per heavy atom. The fourth-order valence-electron chi connectivity index (χ4n) is 3.61. The highest BCUT2D eigenvalue weighted by atomic mass is 79.9. The number of carbonyl (C=O) groups excluding carboxylic acids is 1. The van der Waals surface area contributed by atoms with Gasteiger partial charge in [-0.1, -0.05) is 52.3 Å². The minimum Gasteiger partial charge on any atom is -0.345 e. The van der Waals surface area contributed by atoms with Crippen LogP contribution in [0.4, 0.5) is 0 Å². The molecule has 4 nitrogen and oxygen atoms in total. The van der Waals surface area contributed by atoms with E-state index in [0.717, 1.165) is 31.6 Å². The number of hydrogen-bond donors (Lipinski definition) is 1. The first-order valence-electron chi connectivity index (χ1n) is 9.37. The monoisotopic (exact) mass is 455 g/mol. The number of nitrogens with zero attached hydrogens (tertiary/aromatic N) is 2. The molecule has 1 amide bonds. The van der Waals surface area contributed by atoms with E-state index in [1.54, 1.807) is 11.7 Å². The molecular formula is C22H22BrN3OS. The summed E-state index contributed by atoms with van der Waals surface area (Å²) in [5.41, 5.74) is 6.93. The van der Waals surface area contributed by atoms with Crippen LogP contribution in [0.1, 0.15) is 44.9 Å². The molecule has 2 heterocycles. The molecule has 0 radical (unpaired) electrons. The molecule has 0 saturated heterocycles. The Labute approximate surface area is 177 Å². The third-order valence-corrected chi connectivity index (χ3v) is 6.69. The van der Waals surface area contributed by atoms with Crippen molar-refractivity contribution in [3.8, 4) is 0 Å². The Balaban J connectivity index is 1.36. The molecule has 4 rings (SSSR count). The van der Waals surface area contributed by atoms with Gasteiger partial charge in [0.2, 0.25) is 0 Å². The molecule has 1 aromatic heterocycles. The number of rotatable bonds is 5. The largest absolute Gasteiger partial charge is 0.345 e. The van der Waals surface area contributed by atoms with Crippen molar-refractivity contribution >= 4 is 33.2 Å². The SMILES string of the molecule is C[C@H](NC(=O)c1cncs1)c1ccc(CN2CCc3c(Br)cccc3C2)cc1. The summed E-state index contributed by atoms with van der Waals surface area (Å²) >= 11 is 5.02. The van der Waals surface area contributed by atoms with Crippen molar-refractivity contribution in [2.45, 2.75) is 32.5 Å². The molecule has 0 bridgehead atoms. The first-order valence-corrected chi connectivity index (χ1v) is 11.0. The van der Waals surface area contributed by atoms with E-state index in [-0.39, 0.29) is 11.9 Å². The summed E-state index contributed by atoms with van der Waals surface area (Å²) < 4.78 is 1.23. The van der Waals surface area contributed by atoms with Crippen LogP contribution in [0.2, 0.25) is 0 Å². The lowest BCUT2D eigenvalue weighted by Crippen LogP contribution is -2.30. The van der Waals surface area contributed by atoms with E-state index in [4.69, 9.17) is 0 Å². The molecule has 3 aromatic rings. The second-order valence-corrected chi connectivity index (χ2v) is 8.88. The van der Waals surface area contributed by atoms with Gasteiger partial charge in [-0.3, -0.25) is 14.7 Å². The number of aromatic nitrogens is 1. The van der Waals surface area contributed by atoms with Crippen LogP contribution in [-0.2, 0) is 19.5 Å². The molecule has 0 aliphatic carbocycles. The van der Waals surface area contributed by atoms with Crippen LogP contribution in [0.5, 0.6) is 0 Å². The number of hydrogen-bond acceptors (Lipinski definition) is 4. The van der Waals surface area contributed by atoms with Crippen molar-refractivity contribution < 1.29 is 4.79 Å². The zero-order chi connectivity index (χ0) is 19.5. The zero-order valence-corrected chi connectivity index (χ0v) is 18.1. The standard InChI is InChI=1S/C22H22BrN3OS/c1-15(25-22(27)21-11-24-14-28-21)17-7-5-16(6-8-17)12-26-10-9-19-18(13-26)3-2-4-20(19)23/h2-8,11,14-15H,9-10,12-13H2,1H3,(H,25,27)/t15-/m0/s1. The van der Waals surface area contributed by atoms with Gasteiger partial charge in [-0.05, 0) is 41.7 Å². The molecule has 1 atom stereocenters. The number of fused-ring (bicyclic) bond motifs is 1. The van der Waals surface area contributed by atoms with Gasteiger partial charge in [-0.2, -0.15) is 0 Å². The smallest absolute Gasteiger partial charge is 0.263 e. The molecule has 0 fully saturated rings. The summed E-state index contributed by atoms with van der Waals surface area (Å²) in [5.74, 6) is -0.0720. The number of thiazole rings is 1. The van der Waals surface area contributed by atoms with Crippen LogP contribution in [-0.4, -0.2) is 22.3 Å². The van der Waals surface area contributed by atoms with Gasteiger partial charge < -0.3 is 5.32 Å². The van der Waals surface area contributed by atoms with Crippen LogP contribution in [0.3, 0.4) is 0 Å². The number of carbonyl (C=O) groups is 1. The lowest BCUT2D eigenvalue weighted by Gasteiger charge is -2.29. The van der Waals surface area contributed by atoms with Crippen LogP contribution in [0, 0.1) is 0 Å². The molecule has 0 unspecified atom stereocenters. The highest BCUT2D eigenvalue weighted by molar-refractivity contribution is 9.10. The summed E-state index contributed by atoms with van der Waals surface area (Å²) in [7, 11) is 0. The van der Waals surface area contributed by atoms with Gasteiger partial charge in [-0.25, -0.2) is 0 Å². The van der Waals surface area contributed by atoms with E-state index in [1.807, 2.05) is 6.92 Å². The highest BCUT2D eigenvalue weighted by Crippen LogP contribution is 2.27. The average Bonchev–Trinajstić information content (AvgIpc) is 3.24. The zero-order valence-electron chi connectivity index (χ0n) is 15.7. The molecule has 1 N–H and O–H groups in total. The summed E-state index contributed by atoms with van der Waals surface area (Å²) in [4.78, 5) is 19.3. The summed E-state index contributed by atoms with van der Waals surface area (Å²) in [6.07, 6.45) is 2.68. The van der Waals surface area contributed by atoms with Crippen molar-refractivity contribution in [1.82, 2.24) is 15.2 Å². The van der Waals surface area contributed by atoms with E-state index in [9.17, 15) is 4.79 Å². The minimum absolute atomic E-state index is 0.0390. The predicted molar refractivity (Wildman–Crippen MR) is 116 cm³/mol. The van der Waals surface area contributed by atoms with Crippen molar-refractivity contribution in [3.63, 3.8) is 0 Å². The van der Waals surface area contributed by atoms with Gasteiger partial charge in [0.1, 0.15) is 4.88 Å². The maximum absolute atomic E-state index is 12.2. The summed E-state index contributed by atoms with van der Waals surface area (Å²) in [6.45, 7) is 5.00. The van der Waals surface area contributed by atoms with Crippen molar-refractivity contribution in [2.24, 2.45) is 0 Å². The second-order valence-electron chi connectivity index (χ2n) is 7.14. The van der Waals surface area contributed by atoms with Crippen LogP contribution in [0.15, 0.2) is 58.6 Å². The van der Waals surface area contributed by atoms with Crippen molar-refractivity contribution in [1.29, 1.82) is 0 Å². The molecule has 0 spiro atoms. The second kappa shape index (κ2) is 8.55. The van der Waals surface area contributed by atoms with E-state index < -0.39 is 0 Å². The molecule has 144 valence electrons.